The Bertz CT molecular complexity index is 686. The molecule has 0 amide bonds. The van der Waals surface area contributed by atoms with Gasteiger partial charge in [0.2, 0.25) is 0 Å². The molecule has 1 aromatic carbocycles. The van der Waals surface area contributed by atoms with E-state index in [1.165, 1.54) is 37.8 Å². The largest absolute Gasteiger partial charge is 0.381 e. The number of halogens is 2. The van der Waals surface area contributed by atoms with Crippen LogP contribution in [-0.4, -0.2) is 50.3 Å². The van der Waals surface area contributed by atoms with Crippen LogP contribution in [0.15, 0.2) is 29.3 Å². The van der Waals surface area contributed by atoms with Crippen molar-refractivity contribution in [2.45, 2.75) is 50.9 Å². The zero-order chi connectivity index (χ0) is 18.7. The van der Waals surface area contributed by atoms with Gasteiger partial charge in [0.1, 0.15) is 0 Å². The molecule has 2 saturated heterocycles. The molecule has 4 nitrogen and oxygen atoms in total. The second-order valence-corrected chi connectivity index (χ2v) is 9.03. The topological polar surface area (TPSA) is 36.9 Å². The minimum absolute atomic E-state index is 0. The fraction of sp³-hybridized carbons (Fsp3) is 0.682. The lowest BCUT2D eigenvalue weighted by atomic mass is 9.68. The summed E-state index contributed by atoms with van der Waals surface area (Å²) in [6, 6.07) is 8.34. The lowest BCUT2D eigenvalue weighted by Crippen LogP contribution is -2.44. The summed E-state index contributed by atoms with van der Waals surface area (Å²) in [6.45, 7) is 7.77. The van der Waals surface area contributed by atoms with E-state index in [9.17, 15) is 0 Å². The van der Waals surface area contributed by atoms with Gasteiger partial charge in [0.15, 0.2) is 5.96 Å². The summed E-state index contributed by atoms with van der Waals surface area (Å²) in [4.78, 5) is 7.65. The minimum Gasteiger partial charge on any atom is -0.381 e. The molecular formula is C22H33ClIN3O. The molecule has 0 radical (unpaired) electrons. The fourth-order valence-electron chi connectivity index (χ4n) is 4.97. The van der Waals surface area contributed by atoms with Crippen LogP contribution in [0.3, 0.4) is 0 Å². The molecule has 156 valence electrons. The molecule has 2 aliphatic heterocycles. The van der Waals surface area contributed by atoms with E-state index in [2.05, 4.69) is 35.3 Å². The summed E-state index contributed by atoms with van der Waals surface area (Å²) in [5.41, 5.74) is 1.91. The summed E-state index contributed by atoms with van der Waals surface area (Å²) in [6.07, 6.45) is 7.52. The van der Waals surface area contributed by atoms with Crippen LogP contribution in [0, 0.1) is 5.41 Å². The maximum absolute atomic E-state index is 6.31. The average Bonchev–Trinajstić information content (AvgIpc) is 3.12. The standard InChI is InChI=1S/C22H32ClN3O.HI/c1-2-24-20(26-12-9-21(17-26)7-4-8-21)25-16-22(10-13-27-14-11-22)18-5-3-6-19(23)15-18;/h3,5-6,15H,2,4,7-14,16-17H2,1H3,(H,24,25);1H. The van der Waals surface area contributed by atoms with Crippen molar-refractivity contribution in [1.29, 1.82) is 0 Å². The van der Waals surface area contributed by atoms with Crippen LogP contribution in [0.25, 0.3) is 0 Å². The maximum Gasteiger partial charge on any atom is 0.193 e. The lowest BCUT2D eigenvalue weighted by molar-refractivity contribution is 0.0530. The number of aliphatic imine (C=N–C) groups is 1. The van der Waals surface area contributed by atoms with E-state index in [4.69, 9.17) is 21.3 Å². The maximum atomic E-state index is 6.31. The summed E-state index contributed by atoms with van der Waals surface area (Å²) in [5, 5.41) is 4.35. The van der Waals surface area contributed by atoms with Crippen LogP contribution < -0.4 is 5.32 Å². The Kier molecular flexibility index (Phi) is 7.54. The van der Waals surface area contributed by atoms with Gasteiger partial charge in [0.05, 0.1) is 6.54 Å². The summed E-state index contributed by atoms with van der Waals surface area (Å²) in [7, 11) is 0. The summed E-state index contributed by atoms with van der Waals surface area (Å²) >= 11 is 6.31. The minimum atomic E-state index is 0. The van der Waals surface area contributed by atoms with Crippen LogP contribution in [-0.2, 0) is 10.2 Å². The quantitative estimate of drug-likeness (QED) is 0.352. The average molecular weight is 518 g/mol. The lowest BCUT2D eigenvalue weighted by Gasteiger charge is -2.39. The van der Waals surface area contributed by atoms with Gasteiger partial charge >= 0.3 is 0 Å². The first-order valence-electron chi connectivity index (χ1n) is 10.5. The molecule has 0 bridgehead atoms. The molecule has 3 aliphatic rings. The van der Waals surface area contributed by atoms with Crippen molar-refractivity contribution in [2.24, 2.45) is 10.4 Å². The van der Waals surface area contributed by atoms with Gasteiger partial charge in [-0.2, -0.15) is 0 Å². The highest BCUT2D eigenvalue weighted by Gasteiger charge is 2.43. The monoisotopic (exact) mass is 517 g/mol. The number of guanidine groups is 1. The van der Waals surface area contributed by atoms with E-state index in [0.29, 0.717) is 5.41 Å². The molecule has 28 heavy (non-hydrogen) atoms. The summed E-state index contributed by atoms with van der Waals surface area (Å²) in [5.74, 6) is 1.09. The third kappa shape index (κ3) is 4.62. The van der Waals surface area contributed by atoms with Gasteiger partial charge in [-0.15, -0.1) is 24.0 Å². The Hall–Kier alpha value is -0.530. The molecule has 1 N–H and O–H groups in total. The first-order valence-corrected chi connectivity index (χ1v) is 10.9. The molecule has 4 rings (SSSR count). The summed E-state index contributed by atoms with van der Waals surface area (Å²) < 4.78 is 5.67. The van der Waals surface area contributed by atoms with Crippen molar-refractivity contribution in [3.63, 3.8) is 0 Å². The van der Waals surface area contributed by atoms with Crippen molar-refractivity contribution in [3.8, 4) is 0 Å². The molecule has 3 fully saturated rings. The second-order valence-electron chi connectivity index (χ2n) is 8.60. The Balaban J connectivity index is 0.00000225. The van der Waals surface area contributed by atoms with E-state index in [0.717, 1.165) is 56.7 Å². The van der Waals surface area contributed by atoms with Crippen molar-refractivity contribution < 1.29 is 4.74 Å². The molecule has 1 spiro atoms. The van der Waals surface area contributed by atoms with E-state index in [1.54, 1.807) is 0 Å². The highest BCUT2D eigenvalue weighted by molar-refractivity contribution is 14.0. The fourth-order valence-corrected chi connectivity index (χ4v) is 5.16. The van der Waals surface area contributed by atoms with E-state index in [-0.39, 0.29) is 29.4 Å². The third-order valence-electron chi connectivity index (χ3n) is 6.91. The number of likely N-dealkylation sites (tertiary alicyclic amines) is 1. The molecule has 0 unspecified atom stereocenters. The van der Waals surface area contributed by atoms with E-state index in [1.807, 2.05) is 6.07 Å². The van der Waals surface area contributed by atoms with Crippen molar-refractivity contribution >= 4 is 41.5 Å². The van der Waals surface area contributed by atoms with Crippen LogP contribution >= 0.6 is 35.6 Å². The highest BCUT2D eigenvalue weighted by atomic mass is 127. The van der Waals surface area contributed by atoms with Crippen LogP contribution in [0.5, 0.6) is 0 Å². The molecule has 1 aliphatic carbocycles. The molecule has 0 atom stereocenters. The highest BCUT2D eigenvalue weighted by Crippen LogP contribution is 2.48. The van der Waals surface area contributed by atoms with Gasteiger partial charge in [-0.05, 0) is 62.1 Å². The van der Waals surface area contributed by atoms with Crippen molar-refractivity contribution in [3.05, 3.63) is 34.9 Å². The van der Waals surface area contributed by atoms with Crippen LogP contribution in [0.1, 0.15) is 51.0 Å². The number of hydrogen-bond donors (Lipinski definition) is 1. The van der Waals surface area contributed by atoms with Gasteiger partial charge in [0, 0.05) is 43.3 Å². The Labute approximate surface area is 191 Å². The van der Waals surface area contributed by atoms with Crippen LogP contribution in [0.2, 0.25) is 5.02 Å². The van der Waals surface area contributed by atoms with Gasteiger partial charge in [0.25, 0.3) is 0 Å². The third-order valence-corrected chi connectivity index (χ3v) is 7.14. The predicted molar refractivity (Wildman–Crippen MR) is 127 cm³/mol. The number of benzene rings is 1. The molecule has 6 heteroatoms. The van der Waals surface area contributed by atoms with Crippen LogP contribution in [0.4, 0.5) is 0 Å². The zero-order valence-corrected chi connectivity index (χ0v) is 20.0. The number of nitrogens with one attached hydrogen (secondary N) is 1. The Morgan fingerprint density at radius 1 is 1.21 bits per heavy atom. The molecule has 0 aromatic heterocycles. The van der Waals surface area contributed by atoms with E-state index >= 15 is 0 Å². The predicted octanol–water partition coefficient (Wildman–Crippen LogP) is 4.85. The van der Waals surface area contributed by atoms with Gasteiger partial charge < -0.3 is 15.0 Å². The van der Waals surface area contributed by atoms with Crippen molar-refractivity contribution in [2.75, 3.05) is 39.4 Å². The number of rotatable bonds is 4. The van der Waals surface area contributed by atoms with Gasteiger partial charge in [-0.1, -0.05) is 30.2 Å². The number of nitrogens with zero attached hydrogens (tertiary/aromatic N) is 2. The van der Waals surface area contributed by atoms with E-state index < -0.39 is 0 Å². The first-order chi connectivity index (χ1) is 13.1. The molecule has 1 saturated carbocycles. The van der Waals surface area contributed by atoms with Gasteiger partial charge in [-0.25, -0.2) is 0 Å². The zero-order valence-electron chi connectivity index (χ0n) is 16.9. The first kappa shape index (κ1) is 22.2. The smallest absolute Gasteiger partial charge is 0.193 e. The van der Waals surface area contributed by atoms with Crippen molar-refractivity contribution in [1.82, 2.24) is 10.2 Å². The normalized spacial score (nSPS) is 23.2. The van der Waals surface area contributed by atoms with Gasteiger partial charge in [-0.3, -0.25) is 4.99 Å². The SMILES string of the molecule is CCNC(=NCC1(c2cccc(Cl)c2)CCOCC1)N1CCC2(CCC2)C1.I. The molecule has 2 heterocycles. The second kappa shape index (κ2) is 9.52. The Morgan fingerprint density at radius 2 is 2.00 bits per heavy atom. The number of ether oxygens (including phenoxy) is 1. The Morgan fingerprint density at radius 3 is 2.61 bits per heavy atom. The molecular weight excluding hydrogens is 485 g/mol. The molecule has 1 aromatic rings. The number of hydrogen-bond acceptors (Lipinski definition) is 2.